The molecule has 0 radical (unpaired) electrons. The minimum Gasteiger partial charge on any atom is -0.449 e. The van der Waals surface area contributed by atoms with E-state index in [-0.39, 0.29) is 17.5 Å². The Morgan fingerprint density at radius 1 is 1.25 bits per heavy atom. The number of carbonyl (C=O) groups is 2. The number of rotatable bonds is 7. The molecule has 3 aromatic rings. The van der Waals surface area contributed by atoms with Gasteiger partial charge in [0.1, 0.15) is 5.58 Å². The van der Waals surface area contributed by atoms with Gasteiger partial charge in [-0.1, -0.05) is 29.8 Å². The van der Waals surface area contributed by atoms with Crippen molar-refractivity contribution in [1.29, 1.82) is 0 Å². The van der Waals surface area contributed by atoms with Crippen LogP contribution in [0.15, 0.2) is 47.0 Å². The van der Waals surface area contributed by atoms with Gasteiger partial charge in [0.2, 0.25) is 5.76 Å². The molecule has 0 unspecified atom stereocenters. The van der Waals surface area contributed by atoms with E-state index in [0.29, 0.717) is 23.4 Å². The monoisotopic (exact) mass is 402 g/mol. The molecular weight excluding hydrogens is 384 g/mol. The number of hydrogen-bond donors (Lipinski definition) is 1. The molecule has 0 fully saturated rings. The first-order chi connectivity index (χ1) is 13.5. The van der Waals surface area contributed by atoms with E-state index in [9.17, 15) is 9.59 Å². The van der Waals surface area contributed by atoms with E-state index in [1.807, 2.05) is 19.1 Å². The smallest absolute Gasteiger partial charge is 0.375 e. The molecule has 28 heavy (non-hydrogen) atoms. The molecule has 1 amide bonds. The van der Waals surface area contributed by atoms with Crippen LogP contribution < -0.4 is 5.32 Å². The number of ether oxygens (including phenoxy) is 2. The van der Waals surface area contributed by atoms with Crippen molar-refractivity contribution in [3.8, 4) is 0 Å². The quantitative estimate of drug-likeness (QED) is 0.470. The summed E-state index contributed by atoms with van der Waals surface area (Å²) in [4.78, 5) is 28.9. The fourth-order valence-electron chi connectivity index (χ4n) is 2.59. The summed E-state index contributed by atoms with van der Waals surface area (Å²) in [7, 11) is 0. The topological polar surface area (TPSA) is 90.7 Å². The van der Waals surface area contributed by atoms with Crippen molar-refractivity contribution >= 4 is 40.1 Å². The number of hydrogen-bond acceptors (Lipinski definition) is 6. The standard InChI is InChI=1S/C20H19ClN2O5/c1-3-26-11-14-13-7-4-5-9-16(13)28-17(14)20(25)27-12(2)19(24)23-15-8-6-10-22-18(15)21/h4-10,12H,3,11H2,1-2H3,(H,23,24)/t12-/m1/s1. The highest BCUT2D eigenvalue weighted by Gasteiger charge is 2.26. The van der Waals surface area contributed by atoms with Gasteiger partial charge in [-0.3, -0.25) is 4.79 Å². The number of para-hydroxylation sites is 1. The molecule has 2 heterocycles. The molecule has 0 aliphatic carbocycles. The zero-order chi connectivity index (χ0) is 20.1. The second-order valence-electron chi connectivity index (χ2n) is 5.92. The Labute approximate surface area is 166 Å². The molecule has 0 aliphatic rings. The summed E-state index contributed by atoms with van der Waals surface area (Å²) >= 11 is 5.93. The lowest BCUT2D eigenvalue weighted by molar-refractivity contribution is -0.123. The molecule has 1 N–H and O–H groups in total. The molecule has 1 aromatic carbocycles. The summed E-state index contributed by atoms with van der Waals surface area (Å²) in [5, 5.41) is 3.49. The number of furan rings is 1. The van der Waals surface area contributed by atoms with Gasteiger partial charge in [0.25, 0.3) is 5.91 Å². The van der Waals surface area contributed by atoms with Crippen molar-refractivity contribution in [3.05, 3.63) is 59.1 Å². The second kappa shape index (κ2) is 8.86. The molecule has 0 aliphatic heterocycles. The number of benzene rings is 1. The Balaban J connectivity index is 1.76. The second-order valence-corrected chi connectivity index (χ2v) is 6.28. The zero-order valence-electron chi connectivity index (χ0n) is 15.4. The molecule has 0 bridgehead atoms. The number of nitrogens with zero attached hydrogens (tertiary/aromatic N) is 1. The third-order valence-electron chi connectivity index (χ3n) is 4.00. The van der Waals surface area contributed by atoms with Crippen molar-refractivity contribution in [3.63, 3.8) is 0 Å². The molecule has 1 atom stereocenters. The highest BCUT2D eigenvalue weighted by molar-refractivity contribution is 6.32. The first kappa shape index (κ1) is 19.9. The van der Waals surface area contributed by atoms with Gasteiger partial charge in [0.05, 0.1) is 12.3 Å². The van der Waals surface area contributed by atoms with Crippen molar-refractivity contribution in [2.24, 2.45) is 0 Å². The van der Waals surface area contributed by atoms with Gasteiger partial charge in [0.15, 0.2) is 11.3 Å². The van der Waals surface area contributed by atoms with Crippen LogP contribution in [0.4, 0.5) is 5.69 Å². The van der Waals surface area contributed by atoms with E-state index >= 15 is 0 Å². The Kier molecular flexibility index (Phi) is 6.28. The highest BCUT2D eigenvalue weighted by Crippen LogP contribution is 2.27. The van der Waals surface area contributed by atoms with Gasteiger partial charge in [-0.25, -0.2) is 9.78 Å². The summed E-state index contributed by atoms with van der Waals surface area (Å²) in [5.41, 5.74) is 1.46. The Morgan fingerprint density at radius 3 is 2.79 bits per heavy atom. The van der Waals surface area contributed by atoms with Crippen LogP contribution in [-0.2, 0) is 20.9 Å². The van der Waals surface area contributed by atoms with Gasteiger partial charge in [0, 0.05) is 23.8 Å². The van der Waals surface area contributed by atoms with Gasteiger partial charge in [-0.2, -0.15) is 0 Å². The van der Waals surface area contributed by atoms with Crippen molar-refractivity contribution in [2.45, 2.75) is 26.6 Å². The molecule has 2 aromatic heterocycles. The molecule has 146 valence electrons. The number of anilines is 1. The summed E-state index contributed by atoms with van der Waals surface area (Å²) in [6.45, 7) is 4.00. The normalized spacial score (nSPS) is 12.0. The van der Waals surface area contributed by atoms with E-state index in [1.165, 1.54) is 13.1 Å². The summed E-state index contributed by atoms with van der Waals surface area (Å²) in [6.07, 6.45) is 0.431. The highest BCUT2D eigenvalue weighted by atomic mass is 35.5. The van der Waals surface area contributed by atoms with Crippen LogP contribution in [0, 0.1) is 0 Å². The fourth-order valence-corrected chi connectivity index (χ4v) is 2.76. The van der Waals surface area contributed by atoms with Gasteiger partial charge < -0.3 is 19.2 Å². The molecule has 0 saturated heterocycles. The van der Waals surface area contributed by atoms with E-state index < -0.39 is 18.0 Å². The van der Waals surface area contributed by atoms with Gasteiger partial charge in [-0.15, -0.1) is 0 Å². The number of halogens is 1. The lowest BCUT2D eigenvalue weighted by Gasteiger charge is -2.13. The van der Waals surface area contributed by atoms with Gasteiger partial charge >= 0.3 is 5.97 Å². The van der Waals surface area contributed by atoms with Crippen molar-refractivity contribution in [2.75, 3.05) is 11.9 Å². The summed E-state index contributed by atoms with van der Waals surface area (Å²) in [5.74, 6) is -1.26. The van der Waals surface area contributed by atoms with Crippen LogP contribution in [0.5, 0.6) is 0 Å². The largest absolute Gasteiger partial charge is 0.449 e. The third kappa shape index (κ3) is 4.32. The summed E-state index contributed by atoms with van der Waals surface area (Å²) < 4.78 is 16.4. The molecular formula is C20H19ClN2O5. The Morgan fingerprint density at radius 2 is 2.04 bits per heavy atom. The van der Waals surface area contributed by atoms with Gasteiger partial charge in [-0.05, 0) is 32.0 Å². The number of esters is 1. The lowest BCUT2D eigenvalue weighted by Crippen LogP contribution is -2.30. The van der Waals surface area contributed by atoms with Crippen LogP contribution in [0.3, 0.4) is 0 Å². The lowest BCUT2D eigenvalue weighted by atomic mass is 10.1. The maximum Gasteiger partial charge on any atom is 0.375 e. The number of amides is 1. The van der Waals surface area contributed by atoms with E-state index in [4.69, 9.17) is 25.5 Å². The summed E-state index contributed by atoms with van der Waals surface area (Å²) in [6, 6.07) is 10.5. The molecule has 0 spiro atoms. The SMILES string of the molecule is CCOCc1c(C(=O)O[C@H](C)C(=O)Nc2cccnc2Cl)oc2ccccc12. The van der Waals surface area contributed by atoms with E-state index in [2.05, 4.69) is 10.3 Å². The van der Waals surface area contributed by atoms with Crippen LogP contribution >= 0.6 is 11.6 Å². The fraction of sp³-hybridized carbons (Fsp3) is 0.250. The zero-order valence-corrected chi connectivity index (χ0v) is 16.2. The van der Waals surface area contributed by atoms with Crippen LogP contribution in [0.1, 0.15) is 30.0 Å². The number of aromatic nitrogens is 1. The van der Waals surface area contributed by atoms with E-state index in [1.54, 1.807) is 24.3 Å². The van der Waals surface area contributed by atoms with E-state index in [0.717, 1.165) is 5.39 Å². The molecule has 3 rings (SSSR count). The maximum atomic E-state index is 12.6. The Bertz CT molecular complexity index is 1000. The molecule has 0 saturated carbocycles. The number of pyridine rings is 1. The third-order valence-corrected chi connectivity index (χ3v) is 4.31. The van der Waals surface area contributed by atoms with Crippen molar-refractivity contribution in [1.82, 2.24) is 4.98 Å². The Hall–Kier alpha value is -2.90. The van der Waals surface area contributed by atoms with Crippen LogP contribution in [-0.4, -0.2) is 29.6 Å². The predicted octanol–water partition coefficient (Wildman–Crippen LogP) is 4.20. The predicted molar refractivity (Wildman–Crippen MR) is 104 cm³/mol. The van der Waals surface area contributed by atoms with Crippen LogP contribution in [0.2, 0.25) is 5.15 Å². The minimum absolute atomic E-state index is 0.0220. The molecule has 8 heteroatoms. The number of carbonyl (C=O) groups excluding carboxylic acids is 2. The average Bonchev–Trinajstić information content (AvgIpc) is 3.06. The number of nitrogens with one attached hydrogen (secondary N) is 1. The van der Waals surface area contributed by atoms with Crippen molar-refractivity contribution < 1.29 is 23.5 Å². The minimum atomic E-state index is -1.07. The first-order valence-corrected chi connectivity index (χ1v) is 9.09. The number of fused-ring (bicyclic) bond motifs is 1. The van der Waals surface area contributed by atoms with Crippen LogP contribution in [0.25, 0.3) is 11.0 Å². The first-order valence-electron chi connectivity index (χ1n) is 8.71. The maximum absolute atomic E-state index is 12.6. The molecule has 7 nitrogen and oxygen atoms in total. The average molecular weight is 403 g/mol.